The number of hydrogen-bond acceptors (Lipinski definition) is 7. The molecule has 9 nitrogen and oxygen atoms in total. The first kappa shape index (κ1) is 24.5. The van der Waals surface area contributed by atoms with Crippen molar-refractivity contribution < 1.29 is 19.4 Å². The van der Waals surface area contributed by atoms with Gasteiger partial charge in [-0.3, -0.25) is 4.79 Å². The van der Waals surface area contributed by atoms with Gasteiger partial charge in [0.2, 0.25) is 5.78 Å². The van der Waals surface area contributed by atoms with Crippen molar-refractivity contribution in [3.8, 4) is 11.5 Å². The van der Waals surface area contributed by atoms with Crippen LogP contribution in [-0.2, 0) is 6.42 Å². The molecule has 0 bridgehead atoms. The predicted octanol–water partition coefficient (Wildman–Crippen LogP) is 4.10. The molecule has 3 heterocycles. The Balaban J connectivity index is 1.25. The summed E-state index contributed by atoms with van der Waals surface area (Å²) < 4.78 is 5.33. The summed E-state index contributed by atoms with van der Waals surface area (Å²) in [4.78, 5) is 38.8. The molecule has 3 aromatic rings. The number of ether oxygens (including phenoxy) is 1. The number of aromatic hydroxyl groups is 1. The Morgan fingerprint density at radius 1 is 1.05 bits per heavy atom. The minimum Gasteiger partial charge on any atom is -0.507 e. The molecule has 5 rings (SSSR count). The smallest absolute Gasteiger partial charge is 0.322 e. The van der Waals surface area contributed by atoms with Crippen molar-refractivity contribution in [1.29, 1.82) is 0 Å². The Hall–Kier alpha value is -4.14. The van der Waals surface area contributed by atoms with E-state index in [9.17, 15) is 14.7 Å². The number of phenols is 1. The van der Waals surface area contributed by atoms with E-state index in [1.54, 1.807) is 39.2 Å². The number of amides is 2. The summed E-state index contributed by atoms with van der Waals surface area (Å²) in [5.74, 6) is 1.48. The van der Waals surface area contributed by atoms with Gasteiger partial charge in [-0.1, -0.05) is 0 Å². The maximum atomic E-state index is 13.1. The number of nitrogens with zero attached hydrogens (tertiary/aromatic N) is 4. The monoisotopic (exact) mass is 501 g/mol. The van der Waals surface area contributed by atoms with E-state index < -0.39 is 0 Å². The Bertz CT molecular complexity index is 1330. The van der Waals surface area contributed by atoms with Gasteiger partial charge in [-0.15, -0.1) is 0 Å². The number of methoxy groups -OCH3 is 1. The third kappa shape index (κ3) is 4.94. The standard InChI is InChI=1S/C28H31N5O4/c1-17-12-20(13-18(2)26(17)34)27(35)24-15-25(30-16-29-24)32-9-7-21(8-10-32)33-11-6-19-14-22(37-3)4-5-23(19)31-28(33)36/h4-5,12-16,21,34H,6-11H2,1-3H3,(H,31,36). The highest BCUT2D eigenvalue weighted by atomic mass is 16.5. The van der Waals surface area contributed by atoms with Gasteiger partial charge in [0.1, 0.15) is 29.3 Å². The van der Waals surface area contributed by atoms with Gasteiger partial charge < -0.3 is 25.0 Å². The minimum absolute atomic E-state index is 0.0724. The summed E-state index contributed by atoms with van der Waals surface area (Å²) in [5, 5.41) is 13.1. The number of urea groups is 1. The fourth-order valence-corrected chi connectivity index (χ4v) is 5.19. The molecule has 0 atom stereocenters. The number of aryl methyl sites for hydroxylation is 2. The molecule has 0 unspecified atom stereocenters. The number of carbonyl (C=O) groups excluding carboxylic acids is 2. The van der Waals surface area contributed by atoms with Crippen LogP contribution in [0.3, 0.4) is 0 Å². The third-order valence-electron chi connectivity index (χ3n) is 7.30. The van der Waals surface area contributed by atoms with Crippen LogP contribution in [0.25, 0.3) is 0 Å². The van der Waals surface area contributed by atoms with E-state index in [0.29, 0.717) is 34.7 Å². The number of ketones is 1. The van der Waals surface area contributed by atoms with Crippen LogP contribution in [0, 0.1) is 13.8 Å². The summed E-state index contributed by atoms with van der Waals surface area (Å²) in [5.41, 5.74) is 4.02. The fourth-order valence-electron chi connectivity index (χ4n) is 5.19. The summed E-state index contributed by atoms with van der Waals surface area (Å²) in [6, 6.07) is 10.9. The van der Waals surface area contributed by atoms with E-state index in [2.05, 4.69) is 20.2 Å². The summed E-state index contributed by atoms with van der Waals surface area (Å²) in [6.45, 7) is 5.63. The summed E-state index contributed by atoms with van der Waals surface area (Å²) >= 11 is 0. The first-order chi connectivity index (χ1) is 17.8. The lowest BCUT2D eigenvalue weighted by Gasteiger charge is -2.38. The highest BCUT2D eigenvalue weighted by Crippen LogP contribution is 2.29. The van der Waals surface area contributed by atoms with Gasteiger partial charge in [-0.2, -0.15) is 0 Å². The van der Waals surface area contributed by atoms with Crippen molar-refractivity contribution in [1.82, 2.24) is 14.9 Å². The molecule has 9 heteroatoms. The van der Waals surface area contributed by atoms with Crippen LogP contribution in [0.15, 0.2) is 42.7 Å². The lowest BCUT2D eigenvalue weighted by atomic mass is 10.0. The summed E-state index contributed by atoms with van der Waals surface area (Å²) in [6.07, 6.45) is 3.79. The van der Waals surface area contributed by atoms with Crippen molar-refractivity contribution in [3.63, 3.8) is 0 Å². The van der Waals surface area contributed by atoms with Gasteiger partial charge in [-0.05, 0) is 80.1 Å². The van der Waals surface area contributed by atoms with Gasteiger partial charge >= 0.3 is 6.03 Å². The van der Waals surface area contributed by atoms with E-state index >= 15 is 0 Å². The molecule has 2 aliphatic rings. The molecule has 0 spiro atoms. The van der Waals surface area contributed by atoms with E-state index in [0.717, 1.165) is 49.4 Å². The number of phenolic OH excluding ortho intramolecular Hbond substituents is 1. The number of carbonyl (C=O) groups is 2. The number of fused-ring (bicyclic) bond motifs is 1. The molecule has 1 aromatic heterocycles. The van der Waals surface area contributed by atoms with Gasteiger partial charge in [0.05, 0.1) is 7.11 Å². The topological polar surface area (TPSA) is 108 Å². The largest absolute Gasteiger partial charge is 0.507 e. The highest BCUT2D eigenvalue weighted by molar-refractivity contribution is 6.08. The van der Waals surface area contributed by atoms with Gasteiger partial charge in [-0.25, -0.2) is 14.8 Å². The lowest BCUT2D eigenvalue weighted by molar-refractivity contribution is 0.103. The number of nitrogens with one attached hydrogen (secondary N) is 1. The first-order valence-corrected chi connectivity index (χ1v) is 12.5. The zero-order valence-corrected chi connectivity index (χ0v) is 21.3. The maximum absolute atomic E-state index is 13.1. The van der Waals surface area contributed by atoms with Crippen molar-refractivity contribution in [2.24, 2.45) is 0 Å². The number of benzene rings is 2. The molecule has 2 amide bonds. The number of anilines is 2. The Morgan fingerprint density at radius 2 is 1.78 bits per heavy atom. The molecule has 0 saturated carbocycles. The molecule has 1 fully saturated rings. The third-order valence-corrected chi connectivity index (χ3v) is 7.30. The van der Waals surface area contributed by atoms with Crippen LogP contribution in [0.1, 0.15) is 45.6 Å². The normalized spacial score (nSPS) is 16.1. The molecule has 1 saturated heterocycles. The fraction of sp³-hybridized carbons (Fsp3) is 0.357. The van der Waals surface area contributed by atoms with Crippen LogP contribution in [0.4, 0.5) is 16.3 Å². The first-order valence-electron chi connectivity index (χ1n) is 12.5. The molecular weight excluding hydrogens is 470 g/mol. The number of piperidine rings is 1. The van der Waals surface area contributed by atoms with Crippen LogP contribution in [0.2, 0.25) is 0 Å². The van der Waals surface area contributed by atoms with E-state index in [-0.39, 0.29) is 23.6 Å². The molecular formula is C28H31N5O4. The van der Waals surface area contributed by atoms with Crippen molar-refractivity contribution in [2.45, 2.75) is 39.2 Å². The molecule has 0 aliphatic carbocycles. The molecule has 0 radical (unpaired) electrons. The number of rotatable bonds is 5. The van der Waals surface area contributed by atoms with Gasteiger partial charge in [0, 0.05) is 43.0 Å². The molecule has 37 heavy (non-hydrogen) atoms. The zero-order chi connectivity index (χ0) is 26.1. The Kier molecular flexibility index (Phi) is 6.69. The van der Waals surface area contributed by atoms with Gasteiger partial charge in [0.15, 0.2) is 0 Å². The van der Waals surface area contributed by atoms with E-state index in [1.165, 1.54) is 6.33 Å². The second-order valence-corrected chi connectivity index (χ2v) is 9.66. The van der Waals surface area contributed by atoms with Crippen molar-refractivity contribution in [2.75, 3.05) is 37.0 Å². The van der Waals surface area contributed by atoms with Gasteiger partial charge in [0.25, 0.3) is 0 Å². The quantitative estimate of drug-likeness (QED) is 0.507. The number of aromatic nitrogens is 2. The van der Waals surface area contributed by atoms with Crippen LogP contribution in [-0.4, -0.2) is 64.6 Å². The van der Waals surface area contributed by atoms with Crippen LogP contribution >= 0.6 is 0 Å². The lowest BCUT2D eigenvalue weighted by Crippen LogP contribution is -2.49. The zero-order valence-electron chi connectivity index (χ0n) is 21.3. The molecule has 2 N–H and O–H groups in total. The average molecular weight is 502 g/mol. The van der Waals surface area contributed by atoms with E-state index in [4.69, 9.17) is 4.74 Å². The average Bonchev–Trinajstić information content (AvgIpc) is 3.08. The summed E-state index contributed by atoms with van der Waals surface area (Å²) in [7, 11) is 1.64. The number of hydrogen-bond donors (Lipinski definition) is 2. The predicted molar refractivity (Wildman–Crippen MR) is 141 cm³/mol. The van der Waals surface area contributed by atoms with Crippen molar-refractivity contribution >= 4 is 23.3 Å². The molecule has 2 aromatic carbocycles. The molecule has 192 valence electrons. The Labute approximate surface area is 216 Å². The highest BCUT2D eigenvalue weighted by Gasteiger charge is 2.31. The van der Waals surface area contributed by atoms with Crippen molar-refractivity contribution in [3.05, 3.63) is 70.7 Å². The van der Waals surface area contributed by atoms with E-state index in [1.807, 2.05) is 23.1 Å². The SMILES string of the molecule is COc1ccc2c(c1)CCN(C1CCN(c3cc(C(=O)c4cc(C)c(O)c(C)c4)ncn3)CC1)C(=O)N2. The maximum Gasteiger partial charge on any atom is 0.322 e. The second-order valence-electron chi connectivity index (χ2n) is 9.66. The van der Waals surface area contributed by atoms with Crippen LogP contribution in [0.5, 0.6) is 11.5 Å². The molecule has 2 aliphatic heterocycles. The van der Waals surface area contributed by atoms with Crippen LogP contribution < -0.4 is 15.0 Å². The Morgan fingerprint density at radius 3 is 2.49 bits per heavy atom. The minimum atomic E-state index is -0.206. The second kappa shape index (κ2) is 10.1.